The molecule has 5 nitrogen and oxygen atoms in total. The lowest BCUT2D eigenvalue weighted by molar-refractivity contribution is 0.186. The van der Waals surface area contributed by atoms with E-state index in [1.165, 1.54) is 0 Å². The molecule has 2 aromatic heterocycles. The van der Waals surface area contributed by atoms with Gasteiger partial charge in [0.2, 0.25) is 0 Å². The fourth-order valence-corrected chi connectivity index (χ4v) is 3.22. The van der Waals surface area contributed by atoms with Crippen LogP contribution in [0.25, 0.3) is 0 Å². The van der Waals surface area contributed by atoms with Gasteiger partial charge in [-0.1, -0.05) is 11.6 Å². The van der Waals surface area contributed by atoms with Crippen molar-refractivity contribution in [3.63, 3.8) is 0 Å². The minimum Gasteiger partial charge on any atom is -0.386 e. The third kappa shape index (κ3) is 6.54. The van der Waals surface area contributed by atoms with E-state index in [4.69, 9.17) is 11.6 Å². The van der Waals surface area contributed by atoms with E-state index < -0.39 is 6.10 Å². The average molecular weight is 481 g/mol. The molecule has 0 saturated carbocycles. The largest absolute Gasteiger partial charge is 0.386 e. The summed E-state index contributed by atoms with van der Waals surface area (Å²) in [6.07, 6.45) is 2.69. The van der Waals surface area contributed by atoms with Gasteiger partial charge in [-0.3, -0.25) is 9.98 Å². The predicted molar refractivity (Wildman–Crippen MR) is 111 cm³/mol. The van der Waals surface area contributed by atoms with Crippen LogP contribution in [0.4, 0.5) is 0 Å². The number of pyridine rings is 1. The van der Waals surface area contributed by atoms with Gasteiger partial charge in [-0.15, -0.1) is 35.3 Å². The lowest BCUT2D eigenvalue weighted by atomic mass is 10.1. The SMILES string of the molecule is CCNC(=NCC(O)c1ccncc1)N(C)Cc1ccc(Cl)s1.I. The van der Waals surface area contributed by atoms with Crippen molar-refractivity contribution in [1.82, 2.24) is 15.2 Å². The third-order valence-electron chi connectivity index (χ3n) is 3.22. The molecule has 2 rings (SSSR count). The van der Waals surface area contributed by atoms with E-state index in [9.17, 15) is 5.11 Å². The van der Waals surface area contributed by atoms with Crippen LogP contribution in [0.2, 0.25) is 4.34 Å². The molecule has 0 aromatic carbocycles. The Labute approximate surface area is 168 Å². The Hall–Kier alpha value is -0.900. The van der Waals surface area contributed by atoms with Crippen molar-refractivity contribution >= 4 is 52.9 Å². The van der Waals surface area contributed by atoms with Gasteiger partial charge in [-0.05, 0) is 36.8 Å². The third-order valence-corrected chi connectivity index (χ3v) is 4.44. The van der Waals surface area contributed by atoms with Crippen LogP contribution in [0.3, 0.4) is 0 Å². The van der Waals surface area contributed by atoms with E-state index in [2.05, 4.69) is 15.3 Å². The monoisotopic (exact) mass is 480 g/mol. The molecule has 0 radical (unpaired) electrons. The summed E-state index contributed by atoms with van der Waals surface area (Å²) in [7, 11) is 1.97. The van der Waals surface area contributed by atoms with Gasteiger partial charge in [0, 0.05) is 30.9 Å². The number of aromatic nitrogens is 1. The molecule has 1 unspecified atom stereocenters. The maximum Gasteiger partial charge on any atom is 0.194 e. The molecule has 0 aliphatic rings. The summed E-state index contributed by atoms with van der Waals surface area (Å²) in [5.41, 5.74) is 0.812. The Morgan fingerprint density at radius 2 is 2.08 bits per heavy atom. The second-order valence-electron chi connectivity index (χ2n) is 5.05. The molecule has 132 valence electrons. The smallest absolute Gasteiger partial charge is 0.194 e. The van der Waals surface area contributed by atoms with Gasteiger partial charge in [0.25, 0.3) is 0 Å². The van der Waals surface area contributed by atoms with Crippen molar-refractivity contribution in [1.29, 1.82) is 0 Å². The second kappa shape index (κ2) is 10.9. The van der Waals surface area contributed by atoms with Gasteiger partial charge in [0.05, 0.1) is 23.5 Å². The van der Waals surface area contributed by atoms with E-state index >= 15 is 0 Å². The van der Waals surface area contributed by atoms with Crippen LogP contribution < -0.4 is 5.32 Å². The quantitative estimate of drug-likeness (QED) is 0.377. The first kappa shape index (κ1) is 21.1. The number of aliphatic hydroxyl groups excluding tert-OH is 1. The van der Waals surface area contributed by atoms with E-state index in [0.29, 0.717) is 13.1 Å². The van der Waals surface area contributed by atoms with Crippen molar-refractivity contribution in [2.45, 2.75) is 19.6 Å². The minimum atomic E-state index is -0.642. The Morgan fingerprint density at radius 3 is 2.67 bits per heavy atom. The molecule has 0 amide bonds. The molecule has 0 saturated heterocycles. The zero-order valence-corrected chi connectivity index (χ0v) is 17.5. The standard InChI is InChI=1S/C16H21ClN4OS.HI/c1-3-19-16(21(2)11-13-4-5-15(17)23-13)20-10-14(22)12-6-8-18-9-7-12;/h4-9,14,22H,3,10-11H2,1-2H3,(H,19,20);1H. The van der Waals surface area contributed by atoms with Gasteiger partial charge in [-0.2, -0.15) is 0 Å². The van der Waals surface area contributed by atoms with E-state index in [-0.39, 0.29) is 24.0 Å². The molecule has 2 N–H and O–H groups in total. The summed E-state index contributed by atoms with van der Waals surface area (Å²) >= 11 is 7.53. The van der Waals surface area contributed by atoms with Crippen LogP contribution in [0.5, 0.6) is 0 Å². The Kier molecular flexibility index (Phi) is 9.57. The maximum absolute atomic E-state index is 10.2. The second-order valence-corrected chi connectivity index (χ2v) is 6.85. The number of nitrogens with one attached hydrogen (secondary N) is 1. The van der Waals surface area contributed by atoms with E-state index in [1.807, 2.05) is 31.0 Å². The lowest BCUT2D eigenvalue weighted by Crippen LogP contribution is -2.38. The number of aliphatic hydroxyl groups is 1. The highest BCUT2D eigenvalue weighted by molar-refractivity contribution is 14.0. The predicted octanol–water partition coefficient (Wildman–Crippen LogP) is 3.55. The summed E-state index contributed by atoms with van der Waals surface area (Å²) in [5, 5.41) is 13.5. The number of hydrogen-bond acceptors (Lipinski definition) is 4. The zero-order valence-electron chi connectivity index (χ0n) is 13.6. The summed E-state index contributed by atoms with van der Waals surface area (Å²) in [5.74, 6) is 0.755. The minimum absolute atomic E-state index is 0. The van der Waals surface area contributed by atoms with E-state index in [1.54, 1.807) is 35.9 Å². The summed E-state index contributed by atoms with van der Waals surface area (Å²) in [6.45, 7) is 3.79. The number of aliphatic imine (C=N–C) groups is 1. The molecule has 0 aliphatic carbocycles. The zero-order chi connectivity index (χ0) is 16.7. The topological polar surface area (TPSA) is 60.8 Å². The summed E-state index contributed by atoms with van der Waals surface area (Å²) in [4.78, 5) is 11.7. The Bertz CT molecular complexity index is 638. The number of hydrogen-bond donors (Lipinski definition) is 2. The van der Waals surface area contributed by atoms with Crippen LogP contribution in [0.1, 0.15) is 23.5 Å². The molecular formula is C16H22ClIN4OS. The van der Waals surface area contributed by atoms with Gasteiger partial charge in [-0.25, -0.2) is 0 Å². The molecule has 2 aromatic rings. The number of nitrogens with zero attached hydrogens (tertiary/aromatic N) is 3. The molecule has 0 fully saturated rings. The molecule has 0 bridgehead atoms. The number of rotatable bonds is 6. The Morgan fingerprint density at radius 1 is 1.38 bits per heavy atom. The van der Waals surface area contributed by atoms with Crippen molar-refractivity contribution in [3.8, 4) is 0 Å². The van der Waals surface area contributed by atoms with Gasteiger partial charge in [0.1, 0.15) is 0 Å². The van der Waals surface area contributed by atoms with Gasteiger partial charge < -0.3 is 15.3 Å². The highest BCUT2D eigenvalue weighted by Gasteiger charge is 2.11. The van der Waals surface area contributed by atoms with Gasteiger partial charge in [0.15, 0.2) is 5.96 Å². The normalized spacial score (nSPS) is 12.4. The van der Waals surface area contributed by atoms with Gasteiger partial charge >= 0.3 is 0 Å². The number of guanidine groups is 1. The van der Waals surface area contributed by atoms with Crippen molar-refractivity contribution in [3.05, 3.63) is 51.4 Å². The first-order valence-corrected chi connectivity index (χ1v) is 8.61. The molecule has 0 spiro atoms. The Balaban J connectivity index is 0.00000288. The van der Waals surface area contributed by atoms with Crippen LogP contribution >= 0.6 is 46.9 Å². The van der Waals surface area contributed by atoms with Crippen molar-refractivity contribution in [2.24, 2.45) is 4.99 Å². The van der Waals surface area contributed by atoms with Crippen molar-refractivity contribution in [2.75, 3.05) is 20.1 Å². The summed E-state index contributed by atoms with van der Waals surface area (Å²) in [6, 6.07) is 7.50. The first-order chi connectivity index (χ1) is 11.1. The first-order valence-electron chi connectivity index (χ1n) is 7.41. The lowest BCUT2D eigenvalue weighted by Gasteiger charge is -2.22. The highest BCUT2D eigenvalue weighted by atomic mass is 127. The number of halogens is 2. The van der Waals surface area contributed by atoms with Crippen LogP contribution in [0, 0.1) is 0 Å². The maximum atomic E-state index is 10.2. The van der Waals surface area contributed by atoms with Crippen LogP contribution in [0.15, 0.2) is 41.7 Å². The summed E-state index contributed by atoms with van der Waals surface area (Å²) < 4.78 is 0.781. The molecule has 1 atom stereocenters. The molecule has 2 heterocycles. The van der Waals surface area contributed by atoms with Crippen molar-refractivity contribution < 1.29 is 5.11 Å². The molecule has 8 heteroatoms. The average Bonchev–Trinajstić information content (AvgIpc) is 2.96. The molecule has 24 heavy (non-hydrogen) atoms. The van der Waals surface area contributed by atoms with Crippen LogP contribution in [-0.2, 0) is 6.54 Å². The molecular weight excluding hydrogens is 459 g/mol. The fourth-order valence-electron chi connectivity index (χ4n) is 2.08. The van der Waals surface area contributed by atoms with Crippen LogP contribution in [-0.4, -0.2) is 41.1 Å². The van der Waals surface area contributed by atoms with E-state index in [0.717, 1.165) is 27.3 Å². The highest BCUT2D eigenvalue weighted by Crippen LogP contribution is 2.22. The fraction of sp³-hybridized carbons (Fsp3) is 0.375. The molecule has 0 aliphatic heterocycles. The number of thiophene rings is 1.